The van der Waals surface area contributed by atoms with Gasteiger partial charge < -0.3 is 15.0 Å². The first-order chi connectivity index (χ1) is 12.9. The maximum atomic E-state index is 12.5. The molecule has 7 heteroatoms. The fraction of sp³-hybridized carbons (Fsp3) is 0.200. The third-order valence-corrected chi connectivity index (χ3v) is 4.87. The van der Waals surface area contributed by atoms with E-state index in [4.69, 9.17) is 16.3 Å². The van der Waals surface area contributed by atoms with Crippen molar-refractivity contribution in [3.05, 3.63) is 70.0 Å². The van der Waals surface area contributed by atoms with E-state index in [2.05, 4.69) is 31.2 Å². The molecule has 0 fully saturated rings. The molecule has 0 aliphatic heterocycles. The van der Waals surface area contributed by atoms with E-state index in [0.29, 0.717) is 21.1 Å². The van der Waals surface area contributed by atoms with E-state index in [-0.39, 0.29) is 11.9 Å². The lowest BCUT2D eigenvalue weighted by atomic mass is 10.2. The lowest BCUT2D eigenvalue weighted by Crippen LogP contribution is -2.38. The highest BCUT2D eigenvalue weighted by molar-refractivity contribution is 9.10. The number of hydrogen-bond donors (Lipinski definition) is 2. The third-order valence-electron chi connectivity index (χ3n) is 4.02. The van der Waals surface area contributed by atoms with Gasteiger partial charge in [-0.25, -0.2) is 4.98 Å². The molecule has 2 atom stereocenters. The summed E-state index contributed by atoms with van der Waals surface area (Å²) in [5, 5.41) is 3.50. The molecule has 0 aliphatic carbocycles. The van der Waals surface area contributed by atoms with E-state index >= 15 is 0 Å². The molecule has 2 N–H and O–H groups in total. The van der Waals surface area contributed by atoms with Crippen molar-refractivity contribution in [1.29, 1.82) is 0 Å². The molecule has 1 amide bonds. The number of H-pyrrole nitrogens is 1. The van der Waals surface area contributed by atoms with Crippen molar-refractivity contribution in [3.8, 4) is 17.0 Å². The largest absolute Gasteiger partial charge is 0.480 e. The summed E-state index contributed by atoms with van der Waals surface area (Å²) in [7, 11) is 0. The lowest BCUT2D eigenvalue weighted by Gasteiger charge is -2.18. The van der Waals surface area contributed by atoms with Crippen LogP contribution in [-0.2, 0) is 4.79 Å². The SMILES string of the molecule is CC(Oc1ccc(Cl)cc1Br)C(=O)NC(C)c1ncc(-c2ccccc2)[nH]1. The van der Waals surface area contributed by atoms with Gasteiger partial charge >= 0.3 is 0 Å². The Morgan fingerprint density at radius 3 is 2.67 bits per heavy atom. The van der Waals surface area contributed by atoms with Crippen molar-refractivity contribution >= 4 is 33.4 Å². The average Bonchev–Trinajstić information content (AvgIpc) is 3.15. The number of imidazole rings is 1. The summed E-state index contributed by atoms with van der Waals surface area (Å²) in [6, 6.07) is 14.8. The molecule has 0 saturated heterocycles. The molecule has 2 unspecified atom stereocenters. The van der Waals surface area contributed by atoms with Crippen LogP contribution in [0.1, 0.15) is 25.7 Å². The molecule has 27 heavy (non-hydrogen) atoms. The minimum Gasteiger partial charge on any atom is -0.480 e. The summed E-state index contributed by atoms with van der Waals surface area (Å²) in [6.45, 7) is 3.57. The molecule has 5 nitrogen and oxygen atoms in total. The number of halogens is 2. The van der Waals surface area contributed by atoms with Crippen molar-refractivity contribution < 1.29 is 9.53 Å². The van der Waals surface area contributed by atoms with Gasteiger partial charge in [-0.3, -0.25) is 4.79 Å². The van der Waals surface area contributed by atoms with Gasteiger partial charge in [0.2, 0.25) is 0 Å². The molecule has 0 aliphatic rings. The fourth-order valence-corrected chi connectivity index (χ4v) is 3.31. The lowest BCUT2D eigenvalue weighted by molar-refractivity contribution is -0.128. The number of rotatable bonds is 6. The van der Waals surface area contributed by atoms with Crippen LogP contribution in [0.5, 0.6) is 5.75 Å². The Labute approximate surface area is 171 Å². The number of benzene rings is 2. The summed E-state index contributed by atoms with van der Waals surface area (Å²) in [5.74, 6) is 1.00. The Kier molecular flexibility index (Phi) is 6.19. The van der Waals surface area contributed by atoms with E-state index in [1.807, 2.05) is 37.3 Å². The highest BCUT2D eigenvalue weighted by Gasteiger charge is 2.20. The Morgan fingerprint density at radius 1 is 1.22 bits per heavy atom. The van der Waals surface area contributed by atoms with E-state index in [1.165, 1.54) is 0 Å². The van der Waals surface area contributed by atoms with Crippen LogP contribution in [0.15, 0.2) is 59.2 Å². The minimum atomic E-state index is -0.673. The second-order valence-electron chi connectivity index (χ2n) is 6.11. The average molecular weight is 449 g/mol. The van der Waals surface area contributed by atoms with Gasteiger partial charge in [-0.15, -0.1) is 0 Å². The zero-order valence-electron chi connectivity index (χ0n) is 14.9. The molecule has 2 aromatic carbocycles. The maximum absolute atomic E-state index is 12.5. The molecule has 3 aromatic rings. The van der Waals surface area contributed by atoms with Gasteiger partial charge in [-0.1, -0.05) is 41.9 Å². The van der Waals surface area contributed by atoms with Crippen LogP contribution in [-0.4, -0.2) is 22.0 Å². The number of carbonyl (C=O) groups is 1. The van der Waals surface area contributed by atoms with Crippen molar-refractivity contribution in [3.63, 3.8) is 0 Å². The highest BCUT2D eigenvalue weighted by Crippen LogP contribution is 2.29. The zero-order chi connectivity index (χ0) is 19.4. The predicted molar refractivity (Wildman–Crippen MR) is 110 cm³/mol. The number of amides is 1. The Balaban J connectivity index is 1.62. The number of aromatic nitrogens is 2. The topological polar surface area (TPSA) is 67.0 Å². The van der Waals surface area contributed by atoms with E-state index < -0.39 is 6.10 Å². The summed E-state index contributed by atoms with van der Waals surface area (Å²) >= 11 is 9.30. The molecular formula is C20H19BrClN3O2. The summed E-state index contributed by atoms with van der Waals surface area (Å²) < 4.78 is 6.42. The first-order valence-corrected chi connectivity index (χ1v) is 9.63. The number of aromatic amines is 1. The van der Waals surface area contributed by atoms with Crippen molar-refractivity contribution in [2.75, 3.05) is 0 Å². The number of carbonyl (C=O) groups excluding carboxylic acids is 1. The highest BCUT2D eigenvalue weighted by atomic mass is 79.9. The molecule has 0 spiro atoms. The molecule has 0 bridgehead atoms. The van der Waals surface area contributed by atoms with Crippen LogP contribution in [0, 0.1) is 0 Å². The Hall–Kier alpha value is -2.31. The normalized spacial score (nSPS) is 13.0. The first-order valence-electron chi connectivity index (χ1n) is 8.46. The van der Waals surface area contributed by atoms with E-state index in [0.717, 1.165) is 11.3 Å². The van der Waals surface area contributed by atoms with Gasteiger partial charge in [0, 0.05) is 5.02 Å². The van der Waals surface area contributed by atoms with E-state index in [9.17, 15) is 4.79 Å². The molecule has 140 valence electrons. The maximum Gasteiger partial charge on any atom is 0.261 e. The Bertz CT molecular complexity index is 930. The molecule has 1 heterocycles. The molecular weight excluding hydrogens is 430 g/mol. The Morgan fingerprint density at radius 2 is 1.96 bits per heavy atom. The monoisotopic (exact) mass is 447 g/mol. The van der Waals surface area contributed by atoms with Gasteiger partial charge in [0.25, 0.3) is 5.91 Å². The van der Waals surface area contributed by atoms with Gasteiger partial charge in [0.05, 0.1) is 22.4 Å². The van der Waals surface area contributed by atoms with Crippen molar-refractivity contribution in [1.82, 2.24) is 15.3 Å². The van der Waals surface area contributed by atoms with Crippen LogP contribution < -0.4 is 10.1 Å². The number of ether oxygens (including phenoxy) is 1. The fourth-order valence-electron chi connectivity index (χ4n) is 2.53. The van der Waals surface area contributed by atoms with E-state index in [1.54, 1.807) is 31.3 Å². The molecule has 0 saturated carbocycles. The third kappa shape index (κ3) is 4.90. The van der Waals surface area contributed by atoms with Crippen LogP contribution in [0.2, 0.25) is 5.02 Å². The standard InChI is InChI=1S/C20H19BrClN3O2/c1-12(19-23-11-17(25-19)14-6-4-3-5-7-14)24-20(26)13(2)27-18-9-8-15(22)10-16(18)21/h3-13H,1-2H3,(H,23,25)(H,24,26). The van der Waals surface area contributed by atoms with Crippen LogP contribution in [0.3, 0.4) is 0 Å². The van der Waals surface area contributed by atoms with Gasteiger partial charge in [-0.05, 0) is 53.5 Å². The molecule has 1 aromatic heterocycles. The second-order valence-corrected chi connectivity index (χ2v) is 7.40. The van der Waals surface area contributed by atoms with Crippen LogP contribution >= 0.6 is 27.5 Å². The number of hydrogen-bond acceptors (Lipinski definition) is 3. The smallest absolute Gasteiger partial charge is 0.261 e. The quantitative estimate of drug-likeness (QED) is 0.549. The molecule has 0 radical (unpaired) electrons. The summed E-state index contributed by atoms with van der Waals surface area (Å²) in [6.07, 6.45) is 1.09. The molecule has 3 rings (SSSR count). The van der Waals surface area contributed by atoms with Crippen molar-refractivity contribution in [2.24, 2.45) is 0 Å². The minimum absolute atomic E-state index is 0.234. The number of nitrogens with one attached hydrogen (secondary N) is 2. The summed E-state index contributed by atoms with van der Waals surface area (Å²) in [4.78, 5) is 20.1. The van der Waals surface area contributed by atoms with Gasteiger partial charge in [0.1, 0.15) is 11.6 Å². The van der Waals surface area contributed by atoms with Crippen LogP contribution in [0.25, 0.3) is 11.3 Å². The van der Waals surface area contributed by atoms with Crippen LogP contribution in [0.4, 0.5) is 0 Å². The second kappa shape index (κ2) is 8.59. The van der Waals surface area contributed by atoms with Gasteiger partial charge in [0.15, 0.2) is 6.10 Å². The zero-order valence-corrected chi connectivity index (χ0v) is 17.2. The number of nitrogens with zero attached hydrogens (tertiary/aromatic N) is 1. The predicted octanol–water partition coefficient (Wildman–Crippen LogP) is 5.14. The van der Waals surface area contributed by atoms with Crippen molar-refractivity contribution in [2.45, 2.75) is 26.0 Å². The van der Waals surface area contributed by atoms with Gasteiger partial charge in [-0.2, -0.15) is 0 Å². The summed E-state index contributed by atoms with van der Waals surface area (Å²) in [5.41, 5.74) is 1.94. The first kappa shape index (κ1) is 19.5.